The monoisotopic (exact) mass is 298 g/mol. The van der Waals surface area contributed by atoms with Gasteiger partial charge in [0, 0.05) is 26.2 Å². The van der Waals surface area contributed by atoms with Crippen molar-refractivity contribution in [3.63, 3.8) is 0 Å². The fraction of sp³-hybridized carbons (Fsp3) is 1.00. The summed E-state index contributed by atoms with van der Waals surface area (Å²) in [4.78, 5) is 2.66. The first kappa shape index (κ1) is 18.9. The van der Waals surface area contributed by atoms with Crippen LogP contribution in [0.25, 0.3) is 0 Å². The Kier molecular flexibility index (Phi) is 8.84. The Bertz CT molecular complexity index is 262. The number of nitrogens with zero attached hydrogens (tertiary/aromatic N) is 1. The number of aliphatic hydroxyl groups is 1. The Morgan fingerprint density at radius 3 is 2.57 bits per heavy atom. The summed E-state index contributed by atoms with van der Waals surface area (Å²) in [5.74, 6) is 1.43. The van der Waals surface area contributed by atoms with Gasteiger partial charge in [0.2, 0.25) is 0 Å². The van der Waals surface area contributed by atoms with Crippen LogP contribution >= 0.6 is 0 Å². The summed E-state index contributed by atoms with van der Waals surface area (Å²) in [6.07, 6.45) is 6.07. The molecule has 0 bridgehead atoms. The van der Waals surface area contributed by atoms with Crippen LogP contribution in [-0.4, -0.2) is 49.3 Å². The number of hydrogen-bond acceptors (Lipinski definition) is 3. The van der Waals surface area contributed by atoms with Gasteiger partial charge in [-0.1, -0.05) is 27.7 Å². The van der Waals surface area contributed by atoms with E-state index in [1.165, 1.54) is 45.3 Å². The molecule has 0 aromatic rings. The molecule has 1 unspecified atom stereocenters. The third-order valence-electron chi connectivity index (χ3n) is 5.25. The molecule has 126 valence electrons. The van der Waals surface area contributed by atoms with Gasteiger partial charge in [-0.2, -0.15) is 0 Å². The second-order valence-corrected chi connectivity index (χ2v) is 7.49. The van der Waals surface area contributed by atoms with Gasteiger partial charge in [-0.05, 0) is 62.4 Å². The lowest BCUT2D eigenvalue weighted by atomic mass is 9.80. The van der Waals surface area contributed by atoms with Crippen LogP contribution in [0.3, 0.4) is 0 Å². The zero-order valence-corrected chi connectivity index (χ0v) is 14.8. The van der Waals surface area contributed by atoms with Gasteiger partial charge in [-0.15, -0.1) is 0 Å². The van der Waals surface area contributed by atoms with Crippen molar-refractivity contribution < 1.29 is 5.11 Å². The lowest BCUT2D eigenvalue weighted by Crippen LogP contribution is -2.47. The summed E-state index contributed by atoms with van der Waals surface area (Å²) in [6, 6.07) is 0. The summed E-state index contributed by atoms with van der Waals surface area (Å²) in [5.41, 5.74) is 0.413. The standard InChI is InChI=1S/C18H38N2O/c1-5-18(6-2,14-19-12-16(3)4)15-20-10-7-8-17(13-20)9-11-21/h16-17,19,21H,5-15H2,1-4H3. The van der Waals surface area contributed by atoms with E-state index in [0.717, 1.165) is 25.4 Å². The second kappa shape index (κ2) is 9.81. The Labute approximate surface area is 132 Å². The molecule has 0 aliphatic carbocycles. The molecule has 1 rings (SSSR count). The molecule has 21 heavy (non-hydrogen) atoms. The largest absolute Gasteiger partial charge is 0.396 e. The van der Waals surface area contributed by atoms with Gasteiger partial charge in [-0.3, -0.25) is 0 Å². The molecule has 1 atom stereocenters. The molecule has 3 heteroatoms. The molecule has 0 aromatic heterocycles. The molecule has 1 aliphatic rings. The highest BCUT2D eigenvalue weighted by molar-refractivity contribution is 4.85. The van der Waals surface area contributed by atoms with Crippen molar-refractivity contribution in [2.75, 3.05) is 39.3 Å². The maximum Gasteiger partial charge on any atom is 0.0434 e. The Morgan fingerprint density at radius 2 is 2.00 bits per heavy atom. The molecule has 3 nitrogen and oxygen atoms in total. The number of piperidine rings is 1. The van der Waals surface area contributed by atoms with Gasteiger partial charge in [0.15, 0.2) is 0 Å². The summed E-state index contributed by atoms with van der Waals surface area (Å²) < 4.78 is 0. The molecule has 1 aliphatic heterocycles. The minimum Gasteiger partial charge on any atom is -0.396 e. The van der Waals surface area contributed by atoms with Gasteiger partial charge in [0.25, 0.3) is 0 Å². The summed E-state index contributed by atoms with van der Waals surface area (Å²) >= 11 is 0. The number of aliphatic hydroxyl groups excluding tert-OH is 1. The number of likely N-dealkylation sites (tertiary alicyclic amines) is 1. The fourth-order valence-electron chi connectivity index (χ4n) is 3.59. The molecule has 0 saturated carbocycles. The predicted molar refractivity (Wildman–Crippen MR) is 91.6 cm³/mol. The molecule has 1 saturated heterocycles. The third-order valence-corrected chi connectivity index (χ3v) is 5.25. The van der Waals surface area contributed by atoms with Crippen LogP contribution in [0.2, 0.25) is 0 Å². The maximum absolute atomic E-state index is 9.17. The smallest absolute Gasteiger partial charge is 0.0434 e. The zero-order chi connectivity index (χ0) is 15.7. The van der Waals surface area contributed by atoms with Gasteiger partial charge in [-0.25, -0.2) is 0 Å². The Morgan fingerprint density at radius 1 is 1.29 bits per heavy atom. The number of hydrogen-bond donors (Lipinski definition) is 2. The summed E-state index contributed by atoms with van der Waals surface area (Å²) in [7, 11) is 0. The van der Waals surface area contributed by atoms with Crippen molar-refractivity contribution in [3.8, 4) is 0 Å². The van der Waals surface area contributed by atoms with Crippen molar-refractivity contribution in [1.29, 1.82) is 0 Å². The van der Waals surface area contributed by atoms with Gasteiger partial charge in [0.05, 0.1) is 0 Å². The van der Waals surface area contributed by atoms with Gasteiger partial charge in [0.1, 0.15) is 0 Å². The first-order valence-corrected chi connectivity index (χ1v) is 9.09. The van der Waals surface area contributed by atoms with Gasteiger partial charge >= 0.3 is 0 Å². The topological polar surface area (TPSA) is 35.5 Å². The first-order valence-electron chi connectivity index (χ1n) is 9.09. The number of nitrogens with one attached hydrogen (secondary N) is 1. The van der Waals surface area contributed by atoms with Crippen LogP contribution in [0.5, 0.6) is 0 Å². The average Bonchev–Trinajstić information content (AvgIpc) is 2.46. The average molecular weight is 299 g/mol. The van der Waals surface area contributed by atoms with E-state index in [1.807, 2.05) is 0 Å². The fourth-order valence-corrected chi connectivity index (χ4v) is 3.59. The molecule has 1 fully saturated rings. The second-order valence-electron chi connectivity index (χ2n) is 7.49. The lowest BCUT2D eigenvalue weighted by Gasteiger charge is -2.41. The highest BCUT2D eigenvalue weighted by Crippen LogP contribution is 2.29. The van der Waals surface area contributed by atoms with Gasteiger partial charge < -0.3 is 15.3 Å². The van der Waals surface area contributed by atoms with E-state index < -0.39 is 0 Å². The van der Waals surface area contributed by atoms with E-state index in [2.05, 4.69) is 37.9 Å². The molecule has 2 N–H and O–H groups in total. The zero-order valence-electron chi connectivity index (χ0n) is 14.8. The van der Waals surface area contributed by atoms with Crippen molar-refractivity contribution in [2.45, 2.75) is 59.8 Å². The summed E-state index contributed by atoms with van der Waals surface area (Å²) in [6.45, 7) is 15.5. The van der Waals surface area contributed by atoms with E-state index in [-0.39, 0.29) is 0 Å². The quantitative estimate of drug-likeness (QED) is 0.650. The van der Waals surface area contributed by atoms with Crippen molar-refractivity contribution in [1.82, 2.24) is 10.2 Å². The molecule has 0 amide bonds. The Hall–Kier alpha value is -0.120. The summed E-state index contributed by atoms with van der Waals surface area (Å²) in [5, 5.41) is 12.9. The SMILES string of the molecule is CCC(CC)(CNCC(C)C)CN1CCCC(CCO)C1. The van der Waals surface area contributed by atoms with Crippen molar-refractivity contribution >= 4 is 0 Å². The van der Waals surface area contributed by atoms with Crippen LogP contribution in [0.1, 0.15) is 59.8 Å². The maximum atomic E-state index is 9.17. The van der Waals surface area contributed by atoms with Crippen LogP contribution in [-0.2, 0) is 0 Å². The molecular weight excluding hydrogens is 260 g/mol. The highest BCUT2D eigenvalue weighted by atomic mass is 16.3. The highest BCUT2D eigenvalue weighted by Gasteiger charge is 2.30. The van der Waals surface area contributed by atoms with Crippen molar-refractivity contribution in [2.24, 2.45) is 17.3 Å². The lowest BCUT2D eigenvalue weighted by molar-refractivity contribution is 0.0849. The minimum atomic E-state index is 0.348. The predicted octanol–water partition coefficient (Wildman–Crippen LogP) is 3.13. The molecular formula is C18H38N2O. The minimum absolute atomic E-state index is 0.348. The normalized spacial score (nSPS) is 21.1. The van der Waals surface area contributed by atoms with E-state index in [4.69, 9.17) is 5.11 Å². The van der Waals surface area contributed by atoms with E-state index >= 15 is 0 Å². The first-order chi connectivity index (χ1) is 10.0. The van der Waals surface area contributed by atoms with Crippen LogP contribution < -0.4 is 5.32 Å². The van der Waals surface area contributed by atoms with Crippen molar-refractivity contribution in [3.05, 3.63) is 0 Å². The van der Waals surface area contributed by atoms with Crippen LogP contribution in [0.4, 0.5) is 0 Å². The van der Waals surface area contributed by atoms with E-state index in [0.29, 0.717) is 17.9 Å². The molecule has 1 heterocycles. The number of rotatable bonds is 10. The Balaban J connectivity index is 2.51. The van der Waals surface area contributed by atoms with E-state index in [1.54, 1.807) is 0 Å². The van der Waals surface area contributed by atoms with Crippen LogP contribution in [0, 0.1) is 17.3 Å². The molecule has 0 spiro atoms. The van der Waals surface area contributed by atoms with E-state index in [9.17, 15) is 0 Å². The third kappa shape index (κ3) is 6.66. The van der Waals surface area contributed by atoms with Crippen LogP contribution in [0.15, 0.2) is 0 Å². The molecule has 0 radical (unpaired) electrons. The molecule has 0 aromatic carbocycles.